The van der Waals surface area contributed by atoms with Gasteiger partial charge in [-0.2, -0.15) is 8.78 Å². The van der Waals surface area contributed by atoms with Gasteiger partial charge >= 0.3 is 11.7 Å². The van der Waals surface area contributed by atoms with E-state index < -0.39 is 26.5 Å². The molecule has 0 atom stereocenters. The Morgan fingerprint density at radius 1 is 1.09 bits per heavy atom. The number of sulfone groups is 1. The Morgan fingerprint density at radius 2 is 1.70 bits per heavy atom. The highest BCUT2D eigenvalue weighted by Crippen LogP contribution is 2.20. The van der Waals surface area contributed by atoms with Crippen LogP contribution < -0.4 is 0 Å². The van der Waals surface area contributed by atoms with Crippen molar-refractivity contribution in [3.63, 3.8) is 0 Å². The molecule has 0 saturated heterocycles. The van der Waals surface area contributed by atoms with Crippen LogP contribution in [0.1, 0.15) is 15.9 Å². The molecule has 0 heterocycles. The van der Waals surface area contributed by atoms with Gasteiger partial charge in [0.25, 0.3) is 0 Å². The van der Waals surface area contributed by atoms with Crippen LogP contribution in [0.25, 0.3) is 0 Å². The lowest BCUT2D eigenvalue weighted by Crippen LogP contribution is -2.12. The van der Waals surface area contributed by atoms with E-state index in [1.54, 1.807) is 18.2 Å². The van der Waals surface area contributed by atoms with Gasteiger partial charge in [0.05, 0.1) is 10.5 Å². The van der Waals surface area contributed by atoms with E-state index in [1.165, 1.54) is 0 Å². The lowest BCUT2D eigenvalue weighted by molar-refractivity contribution is 0.0472. The zero-order valence-corrected chi connectivity index (χ0v) is 14.0. The number of esters is 1. The first-order valence-corrected chi connectivity index (χ1v) is 8.69. The van der Waals surface area contributed by atoms with Crippen LogP contribution >= 0.6 is 15.9 Å². The summed E-state index contributed by atoms with van der Waals surface area (Å²) in [4.78, 5) is 11.3. The van der Waals surface area contributed by atoms with Crippen LogP contribution in [0.15, 0.2) is 57.9 Å². The molecule has 0 bridgehead atoms. The molecule has 2 aromatic rings. The van der Waals surface area contributed by atoms with Crippen molar-refractivity contribution in [2.24, 2.45) is 0 Å². The summed E-state index contributed by atoms with van der Waals surface area (Å²) in [6, 6.07) is 11.4. The van der Waals surface area contributed by atoms with Gasteiger partial charge in [-0.3, -0.25) is 0 Å². The van der Waals surface area contributed by atoms with E-state index in [-0.39, 0.29) is 12.2 Å². The Bertz CT molecular complexity index is 804. The van der Waals surface area contributed by atoms with Crippen molar-refractivity contribution in [2.75, 3.05) is 0 Å². The lowest BCUT2D eigenvalue weighted by Gasteiger charge is -2.07. The summed E-state index contributed by atoms with van der Waals surface area (Å²) in [5.41, 5.74) is 0.836. The SMILES string of the molecule is O=C(OCc1ccccc1Br)c1ccc(S(=O)(=O)C(F)F)cc1. The number of carbonyl (C=O) groups is 1. The number of rotatable bonds is 5. The topological polar surface area (TPSA) is 60.4 Å². The quantitative estimate of drug-likeness (QED) is 0.711. The van der Waals surface area contributed by atoms with Gasteiger partial charge in [-0.1, -0.05) is 34.1 Å². The maximum atomic E-state index is 12.4. The maximum Gasteiger partial charge on any atom is 0.341 e. The minimum Gasteiger partial charge on any atom is -0.457 e. The van der Waals surface area contributed by atoms with E-state index >= 15 is 0 Å². The summed E-state index contributed by atoms with van der Waals surface area (Å²) in [6.45, 7) is 0.0251. The summed E-state index contributed by atoms with van der Waals surface area (Å²) in [7, 11) is -4.67. The van der Waals surface area contributed by atoms with E-state index in [4.69, 9.17) is 4.74 Å². The smallest absolute Gasteiger partial charge is 0.341 e. The van der Waals surface area contributed by atoms with Crippen molar-refractivity contribution < 1.29 is 26.7 Å². The van der Waals surface area contributed by atoms with Crippen LogP contribution in [0, 0.1) is 0 Å². The van der Waals surface area contributed by atoms with Gasteiger partial charge in [0.15, 0.2) is 0 Å². The van der Waals surface area contributed by atoms with Crippen LogP contribution in [-0.2, 0) is 21.2 Å². The highest BCUT2D eigenvalue weighted by molar-refractivity contribution is 9.10. The van der Waals surface area contributed by atoms with Gasteiger partial charge in [0.2, 0.25) is 9.84 Å². The molecule has 0 aliphatic rings. The fourth-order valence-corrected chi connectivity index (χ4v) is 2.85. The summed E-state index contributed by atoms with van der Waals surface area (Å²) in [6.07, 6.45) is 0. The molecule has 0 fully saturated rings. The van der Waals surface area contributed by atoms with Crippen molar-refractivity contribution in [3.8, 4) is 0 Å². The van der Waals surface area contributed by atoms with Gasteiger partial charge in [0, 0.05) is 10.0 Å². The Labute approximate surface area is 140 Å². The van der Waals surface area contributed by atoms with Crippen molar-refractivity contribution in [1.29, 1.82) is 0 Å². The van der Waals surface area contributed by atoms with E-state index in [1.807, 2.05) is 6.07 Å². The second-order valence-electron chi connectivity index (χ2n) is 4.50. The number of halogens is 3. The number of benzene rings is 2. The number of hydrogen-bond donors (Lipinski definition) is 0. The standard InChI is InChI=1S/C15H11BrF2O4S/c16-13-4-2-1-3-11(13)9-22-14(19)10-5-7-12(8-6-10)23(20,21)15(17)18/h1-8,15H,9H2. The summed E-state index contributed by atoms with van der Waals surface area (Å²) < 4.78 is 53.3. The van der Waals surface area contributed by atoms with Crippen molar-refractivity contribution in [3.05, 3.63) is 64.1 Å². The molecule has 122 valence electrons. The molecular weight excluding hydrogens is 394 g/mol. The first-order valence-electron chi connectivity index (χ1n) is 6.35. The van der Waals surface area contributed by atoms with Gasteiger partial charge in [-0.25, -0.2) is 13.2 Å². The Hall–Kier alpha value is -1.80. The first kappa shape index (κ1) is 17.6. The Balaban J connectivity index is 2.08. The third kappa shape index (κ3) is 4.14. The molecule has 4 nitrogen and oxygen atoms in total. The zero-order valence-electron chi connectivity index (χ0n) is 11.6. The highest BCUT2D eigenvalue weighted by atomic mass is 79.9. The average Bonchev–Trinajstić information content (AvgIpc) is 2.53. The van der Waals surface area contributed by atoms with Crippen LogP contribution in [0.3, 0.4) is 0 Å². The average molecular weight is 405 g/mol. The third-order valence-corrected chi connectivity index (χ3v) is 5.14. The fourth-order valence-electron chi connectivity index (χ4n) is 1.73. The molecule has 0 saturated carbocycles. The van der Waals surface area contributed by atoms with Crippen LogP contribution in [0.5, 0.6) is 0 Å². The minimum atomic E-state index is -4.67. The minimum absolute atomic E-state index is 0.0251. The molecule has 2 rings (SSSR count). The summed E-state index contributed by atoms with van der Waals surface area (Å²) in [5, 5.41) is 0. The second-order valence-corrected chi connectivity index (χ2v) is 7.27. The summed E-state index contributed by atoms with van der Waals surface area (Å²) >= 11 is 3.32. The van der Waals surface area contributed by atoms with Gasteiger partial charge in [-0.05, 0) is 30.3 Å². The number of hydrogen-bond acceptors (Lipinski definition) is 4. The molecule has 0 aromatic heterocycles. The zero-order chi connectivity index (χ0) is 17.0. The normalized spacial score (nSPS) is 11.5. The monoisotopic (exact) mass is 404 g/mol. The number of ether oxygens (including phenoxy) is 1. The number of alkyl halides is 2. The molecule has 8 heteroatoms. The van der Waals surface area contributed by atoms with E-state index in [0.717, 1.165) is 34.3 Å². The molecule has 0 amide bonds. The molecular formula is C15H11BrF2O4S. The molecule has 0 aliphatic heterocycles. The molecule has 2 aromatic carbocycles. The predicted octanol–water partition coefficient (Wildman–Crippen LogP) is 3.80. The van der Waals surface area contributed by atoms with Crippen LogP contribution in [0.2, 0.25) is 0 Å². The molecule has 23 heavy (non-hydrogen) atoms. The van der Waals surface area contributed by atoms with Gasteiger partial charge in [-0.15, -0.1) is 0 Å². The molecule has 0 spiro atoms. The lowest BCUT2D eigenvalue weighted by atomic mass is 10.2. The maximum absolute atomic E-state index is 12.4. The van der Waals surface area contributed by atoms with E-state index in [0.29, 0.717) is 0 Å². The third-order valence-electron chi connectivity index (χ3n) is 2.97. The summed E-state index contributed by atoms with van der Waals surface area (Å²) in [5.74, 6) is -4.18. The highest BCUT2D eigenvalue weighted by Gasteiger charge is 2.26. The van der Waals surface area contributed by atoms with Crippen LogP contribution in [-0.4, -0.2) is 20.1 Å². The second kappa shape index (κ2) is 7.18. The molecule has 0 aliphatic carbocycles. The fraction of sp³-hybridized carbons (Fsp3) is 0.133. The van der Waals surface area contributed by atoms with Crippen molar-refractivity contribution in [1.82, 2.24) is 0 Å². The van der Waals surface area contributed by atoms with Crippen LogP contribution in [0.4, 0.5) is 8.78 Å². The predicted molar refractivity (Wildman–Crippen MR) is 82.9 cm³/mol. The van der Waals surface area contributed by atoms with Crippen molar-refractivity contribution in [2.45, 2.75) is 17.3 Å². The molecule has 0 N–H and O–H groups in total. The van der Waals surface area contributed by atoms with E-state index in [2.05, 4.69) is 15.9 Å². The molecule has 0 radical (unpaired) electrons. The Kier molecular flexibility index (Phi) is 5.48. The number of carbonyl (C=O) groups excluding carboxylic acids is 1. The van der Waals surface area contributed by atoms with Crippen molar-refractivity contribution >= 4 is 31.7 Å². The van der Waals surface area contributed by atoms with Gasteiger partial charge in [0.1, 0.15) is 6.61 Å². The van der Waals surface area contributed by atoms with Gasteiger partial charge < -0.3 is 4.74 Å². The molecule has 0 unspecified atom stereocenters. The van der Waals surface area contributed by atoms with E-state index in [9.17, 15) is 22.0 Å². The first-order chi connectivity index (χ1) is 10.8. The Morgan fingerprint density at radius 3 is 2.26 bits per heavy atom. The largest absolute Gasteiger partial charge is 0.457 e.